The molecule has 5 heteroatoms. The third kappa shape index (κ3) is 3.94. The van der Waals surface area contributed by atoms with Crippen LogP contribution in [0.15, 0.2) is 145 Å². The van der Waals surface area contributed by atoms with Gasteiger partial charge in [0.05, 0.1) is 17.9 Å². The predicted molar refractivity (Wildman–Crippen MR) is 183 cm³/mol. The van der Waals surface area contributed by atoms with Crippen molar-refractivity contribution in [1.29, 1.82) is 0 Å². The fourth-order valence-electron chi connectivity index (χ4n) is 6.03. The van der Waals surface area contributed by atoms with Gasteiger partial charge in [-0.3, -0.25) is 0 Å². The number of hydrogen-bond donors (Lipinski definition) is 0. The normalized spacial score (nSPS) is 13.2. The lowest BCUT2D eigenvalue weighted by Crippen LogP contribution is -2.00. The van der Waals surface area contributed by atoms with Gasteiger partial charge in [-0.2, -0.15) is 0 Å². The molecule has 3 heterocycles. The van der Waals surface area contributed by atoms with E-state index < -0.39 is 18.1 Å². The van der Waals surface area contributed by atoms with Crippen LogP contribution >= 0.6 is 11.3 Å². The van der Waals surface area contributed by atoms with Crippen LogP contribution in [0, 0.1) is 0 Å². The molecule has 3 aromatic heterocycles. The van der Waals surface area contributed by atoms with Gasteiger partial charge >= 0.3 is 0 Å². The number of aromatic nitrogens is 4. The first-order chi connectivity index (χ1) is 23.9. The molecule has 4 nitrogen and oxygen atoms in total. The zero-order chi connectivity index (χ0) is 33.4. The summed E-state index contributed by atoms with van der Waals surface area (Å²) in [6, 6.07) is 36.8. The summed E-state index contributed by atoms with van der Waals surface area (Å²) in [7, 11) is 0. The first kappa shape index (κ1) is 20.3. The molecule has 0 unspecified atom stereocenters. The topological polar surface area (TPSA) is 43.6 Å². The molecule has 0 amide bonds. The molecule has 9 aromatic rings. The Labute approximate surface area is 264 Å². The molecule has 0 aliphatic heterocycles. The summed E-state index contributed by atoms with van der Waals surface area (Å²) in [5.74, 6) is 0.719. The Morgan fingerprint density at radius 2 is 1.18 bits per heavy atom. The predicted octanol–water partition coefficient (Wildman–Crippen LogP) is 10.3. The quantitative estimate of drug-likeness (QED) is 0.206. The van der Waals surface area contributed by atoms with Crippen LogP contribution in [0.5, 0.6) is 0 Å². The van der Waals surface area contributed by atoms with E-state index in [-0.39, 0.29) is 23.5 Å². The summed E-state index contributed by atoms with van der Waals surface area (Å²) < 4.78 is 46.4. The summed E-state index contributed by atoms with van der Waals surface area (Å²) in [5, 5.41) is 4.44. The van der Waals surface area contributed by atoms with Crippen molar-refractivity contribution in [2.75, 3.05) is 0 Å². The molecule has 206 valence electrons. The second kappa shape index (κ2) is 9.97. The van der Waals surface area contributed by atoms with Crippen molar-refractivity contribution in [3.63, 3.8) is 0 Å². The smallest absolute Gasteiger partial charge is 0.164 e. The van der Waals surface area contributed by atoms with Crippen molar-refractivity contribution < 1.29 is 6.85 Å². The lowest BCUT2D eigenvalue weighted by Gasteiger charge is -2.10. The molecular formula is C39H24N4S. The number of para-hydroxylation sites is 2. The average Bonchev–Trinajstić information content (AvgIpc) is 3.69. The van der Waals surface area contributed by atoms with Crippen LogP contribution in [0.2, 0.25) is 0 Å². The van der Waals surface area contributed by atoms with E-state index >= 15 is 0 Å². The Balaban J connectivity index is 1.28. The third-order valence-electron chi connectivity index (χ3n) is 7.95. The lowest BCUT2D eigenvalue weighted by molar-refractivity contribution is 1.08. The van der Waals surface area contributed by atoms with E-state index in [0.717, 1.165) is 48.0 Å². The van der Waals surface area contributed by atoms with Gasteiger partial charge in [0.2, 0.25) is 0 Å². The number of benzene rings is 6. The molecule has 0 radical (unpaired) electrons. The van der Waals surface area contributed by atoms with E-state index in [2.05, 4.69) is 82.3 Å². The highest BCUT2D eigenvalue weighted by atomic mass is 32.1. The fraction of sp³-hybridized carbons (Fsp3) is 0. The zero-order valence-electron chi connectivity index (χ0n) is 28.2. The van der Waals surface area contributed by atoms with Crippen molar-refractivity contribution in [2.45, 2.75) is 0 Å². The van der Waals surface area contributed by atoms with Gasteiger partial charge in [-0.25, -0.2) is 15.0 Å². The number of thiophene rings is 1. The van der Waals surface area contributed by atoms with Crippen LogP contribution in [-0.2, 0) is 0 Å². The summed E-state index contributed by atoms with van der Waals surface area (Å²) >= 11 is 1.69. The van der Waals surface area contributed by atoms with E-state index in [9.17, 15) is 0 Å². The van der Waals surface area contributed by atoms with Gasteiger partial charge in [0.25, 0.3) is 0 Å². The van der Waals surface area contributed by atoms with Crippen LogP contribution in [0.25, 0.3) is 81.8 Å². The Hall–Kier alpha value is -5.65. The van der Waals surface area contributed by atoms with Crippen LogP contribution in [-0.4, -0.2) is 19.5 Å². The van der Waals surface area contributed by atoms with Gasteiger partial charge in [0.15, 0.2) is 17.5 Å². The molecule has 0 aliphatic carbocycles. The highest BCUT2D eigenvalue weighted by Gasteiger charge is 2.18. The fourth-order valence-corrected chi connectivity index (χ4v) is 7.19. The van der Waals surface area contributed by atoms with Crippen molar-refractivity contribution in [1.82, 2.24) is 19.5 Å². The Morgan fingerprint density at radius 3 is 1.93 bits per heavy atom. The summed E-state index contributed by atoms with van der Waals surface area (Å²) in [5.41, 5.74) is 4.77. The molecule has 0 aliphatic rings. The second-order valence-electron chi connectivity index (χ2n) is 10.5. The minimum atomic E-state index is -0.467. The monoisotopic (exact) mass is 585 g/mol. The minimum Gasteiger partial charge on any atom is -0.309 e. The van der Waals surface area contributed by atoms with Crippen molar-refractivity contribution in [3.05, 3.63) is 145 Å². The highest BCUT2D eigenvalue weighted by molar-refractivity contribution is 7.26. The van der Waals surface area contributed by atoms with Gasteiger partial charge in [-0.15, -0.1) is 11.3 Å². The number of hydrogen-bond acceptors (Lipinski definition) is 4. The lowest BCUT2D eigenvalue weighted by atomic mass is 10.0. The molecule has 44 heavy (non-hydrogen) atoms. The highest BCUT2D eigenvalue weighted by Crippen LogP contribution is 2.41. The van der Waals surface area contributed by atoms with E-state index in [1.165, 1.54) is 10.8 Å². The van der Waals surface area contributed by atoms with E-state index in [1.807, 2.05) is 42.5 Å². The van der Waals surface area contributed by atoms with E-state index in [4.69, 9.17) is 16.8 Å². The maximum atomic E-state index is 8.64. The first-order valence-electron chi connectivity index (χ1n) is 16.7. The SMILES string of the molecule is [2H]c1c([2H])c([2H])c(-c2nc(-c3ccccc3)nc(-c3cccc4sc5cc(-n6c7ccccc7c7ccccc76)ccc5c34)n2)c([2H])c1[2H]. The molecule has 0 spiro atoms. The average molecular weight is 586 g/mol. The molecule has 0 saturated carbocycles. The van der Waals surface area contributed by atoms with Crippen LogP contribution in [0.4, 0.5) is 0 Å². The maximum Gasteiger partial charge on any atom is 0.164 e. The van der Waals surface area contributed by atoms with Gasteiger partial charge in [0, 0.05) is 53.3 Å². The molecular weight excluding hydrogens is 557 g/mol. The van der Waals surface area contributed by atoms with Gasteiger partial charge in [-0.05, 0) is 30.3 Å². The van der Waals surface area contributed by atoms with E-state index in [1.54, 1.807) is 11.3 Å². The zero-order valence-corrected chi connectivity index (χ0v) is 24.0. The van der Waals surface area contributed by atoms with Crippen molar-refractivity contribution >= 4 is 53.3 Å². The maximum absolute atomic E-state index is 8.64. The number of rotatable bonds is 4. The summed E-state index contributed by atoms with van der Waals surface area (Å²) in [6.45, 7) is 0. The second-order valence-corrected chi connectivity index (χ2v) is 11.6. The molecule has 0 bridgehead atoms. The van der Waals surface area contributed by atoms with Crippen LogP contribution < -0.4 is 0 Å². The largest absolute Gasteiger partial charge is 0.309 e. The standard InChI is InChI=1S/C39H24N4S/c1-3-12-25(13-4-1)37-40-38(26-14-5-2-6-15-26)42-39(41-37)31-18-11-21-34-36(31)30-23-22-27(24-35(30)44-34)43-32-19-9-7-16-28(32)29-17-8-10-20-33(29)43/h1-24H/i1D,3D,4D,12D,13D. The van der Waals surface area contributed by atoms with Gasteiger partial charge in [-0.1, -0.05) is 115 Å². The van der Waals surface area contributed by atoms with Gasteiger partial charge < -0.3 is 4.57 Å². The number of nitrogens with zero attached hydrogens (tertiary/aromatic N) is 4. The number of fused-ring (bicyclic) bond motifs is 6. The summed E-state index contributed by atoms with van der Waals surface area (Å²) in [6.07, 6.45) is 0. The van der Waals surface area contributed by atoms with E-state index in [0.29, 0.717) is 11.6 Å². The van der Waals surface area contributed by atoms with Crippen molar-refractivity contribution in [3.8, 4) is 39.9 Å². The minimum absolute atomic E-state index is 0.0195. The summed E-state index contributed by atoms with van der Waals surface area (Å²) in [4.78, 5) is 14.4. The Morgan fingerprint density at radius 1 is 0.523 bits per heavy atom. The molecule has 0 fully saturated rings. The Kier molecular flexibility index (Phi) is 4.60. The van der Waals surface area contributed by atoms with Crippen LogP contribution in [0.3, 0.4) is 0 Å². The Bertz CT molecular complexity index is 2710. The third-order valence-corrected chi connectivity index (χ3v) is 9.07. The molecule has 6 aromatic carbocycles. The molecule has 0 N–H and O–H groups in total. The van der Waals surface area contributed by atoms with Crippen molar-refractivity contribution in [2.24, 2.45) is 0 Å². The molecule has 9 rings (SSSR count). The molecule has 0 saturated heterocycles. The van der Waals surface area contributed by atoms with Gasteiger partial charge in [0.1, 0.15) is 0 Å². The molecule has 0 atom stereocenters. The first-order valence-corrected chi connectivity index (χ1v) is 15.0. The van der Waals surface area contributed by atoms with Crippen LogP contribution in [0.1, 0.15) is 6.85 Å².